The molecule has 0 radical (unpaired) electrons. The molecule has 0 nitrogen and oxygen atoms in total. The summed E-state index contributed by atoms with van der Waals surface area (Å²) in [5.74, 6) is 7.09. The topological polar surface area (TPSA) is 0 Å². The number of hydrogen-bond acceptors (Lipinski definition) is 0. The van der Waals surface area contributed by atoms with E-state index in [2.05, 4.69) is 79.7 Å². The molecule has 0 N–H and O–H groups in total. The minimum Gasteiger partial charge on any atom is -0.0850 e. The predicted octanol–water partition coefficient (Wildman–Crippen LogP) is 9.16. The van der Waals surface area contributed by atoms with Gasteiger partial charge in [0.25, 0.3) is 0 Å². The van der Waals surface area contributed by atoms with Gasteiger partial charge in [0.1, 0.15) is 0 Å². The van der Waals surface area contributed by atoms with Gasteiger partial charge in [-0.15, -0.1) is 0 Å². The molecule has 6 atom stereocenters. The first-order chi connectivity index (χ1) is 14.2. The van der Waals surface area contributed by atoms with Gasteiger partial charge in [-0.25, -0.2) is 0 Å². The summed E-state index contributed by atoms with van der Waals surface area (Å²) < 4.78 is 0. The second-order valence-corrected chi connectivity index (χ2v) is 11.7. The number of hydrogen-bond donors (Lipinski definition) is 0. The first kappa shape index (κ1) is 23.6. The Morgan fingerprint density at radius 3 is 1.27 bits per heavy atom. The minimum atomic E-state index is 0.841. The maximum Gasteiger partial charge on any atom is -0.0137 e. The zero-order valence-corrected chi connectivity index (χ0v) is 21.2. The van der Waals surface area contributed by atoms with Crippen LogP contribution in [0.4, 0.5) is 0 Å². The smallest absolute Gasteiger partial charge is 0.0137 e. The molecular formula is C30H48. The Morgan fingerprint density at radius 1 is 0.567 bits per heavy atom. The van der Waals surface area contributed by atoms with E-state index < -0.39 is 0 Å². The van der Waals surface area contributed by atoms with Crippen LogP contribution in [0, 0.1) is 47.3 Å². The largest absolute Gasteiger partial charge is 0.0850 e. The molecule has 0 heteroatoms. The van der Waals surface area contributed by atoms with Gasteiger partial charge < -0.3 is 0 Å². The van der Waals surface area contributed by atoms with Crippen LogP contribution >= 0.6 is 0 Å². The summed E-state index contributed by atoms with van der Waals surface area (Å²) in [4.78, 5) is 0. The maximum absolute atomic E-state index is 2.50. The van der Waals surface area contributed by atoms with Crippen LogP contribution in [0.2, 0.25) is 0 Å². The monoisotopic (exact) mass is 408 g/mol. The van der Waals surface area contributed by atoms with E-state index in [9.17, 15) is 0 Å². The van der Waals surface area contributed by atoms with Crippen molar-refractivity contribution in [3.05, 3.63) is 46.6 Å². The van der Waals surface area contributed by atoms with Crippen LogP contribution in [0.3, 0.4) is 0 Å². The molecule has 4 rings (SSSR count). The van der Waals surface area contributed by atoms with E-state index in [1.807, 2.05) is 0 Å². The van der Waals surface area contributed by atoms with Crippen LogP contribution < -0.4 is 0 Å². The van der Waals surface area contributed by atoms with Gasteiger partial charge >= 0.3 is 0 Å². The average molecular weight is 409 g/mol. The van der Waals surface area contributed by atoms with Gasteiger partial charge in [-0.2, -0.15) is 0 Å². The molecule has 0 aliphatic heterocycles. The molecule has 0 amide bonds. The second-order valence-electron chi connectivity index (χ2n) is 11.7. The molecule has 4 aliphatic rings. The van der Waals surface area contributed by atoms with Crippen LogP contribution in [0.1, 0.15) is 93.9 Å². The molecule has 168 valence electrons. The second kappa shape index (κ2) is 10.1. The highest BCUT2D eigenvalue weighted by atomic mass is 14.4. The van der Waals surface area contributed by atoms with Crippen LogP contribution in [-0.4, -0.2) is 0 Å². The normalized spacial score (nSPS) is 35.9. The predicted molar refractivity (Wildman–Crippen MR) is 133 cm³/mol. The van der Waals surface area contributed by atoms with Gasteiger partial charge in [0.2, 0.25) is 0 Å². The fourth-order valence-corrected chi connectivity index (χ4v) is 6.98. The fraction of sp³-hybridized carbons (Fsp3) is 0.733. The van der Waals surface area contributed by atoms with Gasteiger partial charge in [0, 0.05) is 0 Å². The first-order valence-corrected chi connectivity index (χ1v) is 12.8. The van der Waals surface area contributed by atoms with Crippen molar-refractivity contribution in [1.82, 2.24) is 0 Å². The summed E-state index contributed by atoms with van der Waals surface area (Å²) in [6.45, 7) is 18.9. The fourth-order valence-electron chi connectivity index (χ4n) is 6.98. The zero-order valence-electron chi connectivity index (χ0n) is 21.2. The Bertz CT molecular complexity index is 648. The van der Waals surface area contributed by atoms with Gasteiger partial charge in [-0.1, -0.05) is 74.3 Å². The molecule has 0 aromatic rings. The Morgan fingerprint density at radius 2 is 0.933 bits per heavy atom. The standard InChI is InChI=1S/2C15H24/c2*1-10(2)13-8-6-12(4)14-7-5-11(3)9-15(13)14/h2*5-6,10,13-15H,7-9H2,1-4H3/t2*13-,14-,15-/m00/s1. The SMILES string of the molecule is CC1=CC[C@H]2C(C)=CC[C@@H](C(C)C)[C@@H]2C1.CC1=CC[C@H]2C(C)=CC[C@@H](C(C)C)[C@@H]2C1. The number of fused-ring (bicyclic) bond motifs is 2. The quantitative estimate of drug-likeness (QED) is 0.399. The van der Waals surface area contributed by atoms with Gasteiger partial charge in [-0.3, -0.25) is 0 Å². The van der Waals surface area contributed by atoms with Crippen molar-refractivity contribution in [2.75, 3.05) is 0 Å². The maximum atomic E-state index is 2.50. The highest BCUT2D eigenvalue weighted by Crippen LogP contribution is 2.47. The Hall–Kier alpha value is -1.04. The molecule has 0 unspecified atom stereocenters. The molecule has 0 aromatic carbocycles. The molecule has 0 bridgehead atoms. The van der Waals surface area contributed by atoms with E-state index in [4.69, 9.17) is 0 Å². The van der Waals surface area contributed by atoms with Crippen molar-refractivity contribution in [3.8, 4) is 0 Å². The van der Waals surface area contributed by atoms with Crippen LogP contribution in [0.15, 0.2) is 46.6 Å². The van der Waals surface area contributed by atoms with Crippen LogP contribution in [0.25, 0.3) is 0 Å². The lowest BCUT2D eigenvalue weighted by Crippen LogP contribution is -2.32. The molecule has 0 fully saturated rings. The van der Waals surface area contributed by atoms with Gasteiger partial charge in [0.05, 0.1) is 0 Å². The summed E-state index contributed by atoms with van der Waals surface area (Å²) >= 11 is 0. The third kappa shape index (κ3) is 5.23. The Labute approximate surface area is 188 Å². The summed E-state index contributed by atoms with van der Waals surface area (Å²) in [5, 5.41) is 0. The van der Waals surface area contributed by atoms with Crippen molar-refractivity contribution >= 4 is 0 Å². The third-order valence-corrected chi connectivity index (χ3v) is 9.00. The molecule has 0 spiro atoms. The molecule has 0 saturated carbocycles. The lowest BCUT2D eigenvalue weighted by Gasteiger charge is -2.42. The van der Waals surface area contributed by atoms with E-state index in [1.54, 1.807) is 22.3 Å². The van der Waals surface area contributed by atoms with E-state index >= 15 is 0 Å². The summed E-state index contributed by atoms with van der Waals surface area (Å²) in [5.41, 5.74) is 6.55. The van der Waals surface area contributed by atoms with Crippen molar-refractivity contribution in [2.24, 2.45) is 47.3 Å². The molecular weight excluding hydrogens is 360 g/mol. The third-order valence-electron chi connectivity index (χ3n) is 9.00. The highest BCUT2D eigenvalue weighted by molar-refractivity contribution is 5.20. The Balaban J connectivity index is 0.000000171. The van der Waals surface area contributed by atoms with E-state index in [1.165, 1.54) is 38.5 Å². The highest BCUT2D eigenvalue weighted by Gasteiger charge is 2.37. The molecule has 4 aliphatic carbocycles. The summed E-state index contributed by atoms with van der Waals surface area (Å²) in [6.07, 6.45) is 17.8. The minimum absolute atomic E-state index is 0.841. The van der Waals surface area contributed by atoms with Crippen molar-refractivity contribution in [2.45, 2.75) is 93.9 Å². The van der Waals surface area contributed by atoms with Crippen molar-refractivity contribution in [3.63, 3.8) is 0 Å². The molecule has 30 heavy (non-hydrogen) atoms. The average Bonchev–Trinajstić information content (AvgIpc) is 2.68. The molecule has 0 saturated heterocycles. The van der Waals surface area contributed by atoms with Crippen LogP contribution in [0.5, 0.6) is 0 Å². The van der Waals surface area contributed by atoms with Gasteiger partial charge in [0.15, 0.2) is 0 Å². The van der Waals surface area contributed by atoms with E-state index in [-0.39, 0.29) is 0 Å². The lowest BCUT2D eigenvalue weighted by atomic mass is 9.63. The molecule has 0 aromatic heterocycles. The van der Waals surface area contributed by atoms with Crippen molar-refractivity contribution < 1.29 is 0 Å². The van der Waals surface area contributed by atoms with Crippen LogP contribution in [-0.2, 0) is 0 Å². The van der Waals surface area contributed by atoms with E-state index in [0.29, 0.717) is 0 Å². The Kier molecular flexibility index (Phi) is 7.92. The van der Waals surface area contributed by atoms with E-state index in [0.717, 1.165) is 47.3 Å². The summed E-state index contributed by atoms with van der Waals surface area (Å²) in [6, 6.07) is 0. The number of rotatable bonds is 2. The van der Waals surface area contributed by atoms with Crippen molar-refractivity contribution in [1.29, 1.82) is 0 Å². The number of allylic oxidation sites excluding steroid dienone is 8. The first-order valence-electron chi connectivity index (χ1n) is 12.8. The lowest BCUT2D eigenvalue weighted by molar-refractivity contribution is 0.175. The van der Waals surface area contributed by atoms with Gasteiger partial charge in [-0.05, 0) is 114 Å². The zero-order chi connectivity index (χ0) is 22.0. The summed E-state index contributed by atoms with van der Waals surface area (Å²) in [7, 11) is 0. The molecule has 0 heterocycles.